The van der Waals surface area contributed by atoms with Crippen LogP contribution in [0.4, 0.5) is 5.69 Å². The first kappa shape index (κ1) is 14.0. The molecule has 0 fully saturated rings. The van der Waals surface area contributed by atoms with Gasteiger partial charge in [-0.15, -0.1) is 0 Å². The smallest absolute Gasteiger partial charge is 0.124 e. The summed E-state index contributed by atoms with van der Waals surface area (Å²) in [4.78, 5) is 0. The van der Waals surface area contributed by atoms with Crippen LogP contribution < -0.4 is 10.1 Å². The van der Waals surface area contributed by atoms with E-state index in [2.05, 4.69) is 11.4 Å². The maximum atomic E-state index is 9.28. The molecule has 0 aliphatic rings. The van der Waals surface area contributed by atoms with Crippen molar-refractivity contribution in [2.45, 2.75) is 13.0 Å². The van der Waals surface area contributed by atoms with Crippen molar-refractivity contribution >= 4 is 5.69 Å². The fraction of sp³-hybridized carbons (Fsp3) is 0.235. The minimum Gasteiger partial charge on any atom is -0.496 e. The van der Waals surface area contributed by atoms with Crippen LogP contribution in [0.3, 0.4) is 0 Å². The number of methoxy groups -OCH3 is 1. The molecule has 2 aromatic rings. The van der Waals surface area contributed by atoms with E-state index in [0.29, 0.717) is 0 Å². The minimum atomic E-state index is -0.175. The van der Waals surface area contributed by atoms with E-state index in [0.717, 1.165) is 17.0 Å². The number of anilines is 1. The van der Waals surface area contributed by atoms with Crippen LogP contribution in [-0.2, 0) is 0 Å². The van der Waals surface area contributed by atoms with Crippen LogP contribution in [-0.4, -0.2) is 7.11 Å². The summed E-state index contributed by atoms with van der Waals surface area (Å²) >= 11 is 0. The molecule has 0 amide bonds. The topological polar surface area (TPSA) is 45.0 Å². The molecule has 0 radical (unpaired) electrons. The third kappa shape index (κ3) is 3.10. The van der Waals surface area contributed by atoms with Gasteiger partial charge in [0.2, 0.25) is 0 Å². The highest BCUT2D eigenvalue weighted by atomic mass is 16.5. The molecule has 2 aromatic carbocycles. The number of nitriles is 1. The Bertz CT molecular complexity index is 589. The van der Waals surface area contributed by atoms with Gasteiger partial charge < -0.3 is 10.1 Å². The van der Waals surface area contributed by atoms with Crippen molar-refractivity contribution in [2.24, 2.45) is 5.92 Å². The highest BCUT2D eigenvalue weighted by Gasteiger charge is 2.22. The van der Waals surface area contributed by atoms with E-state index in [-0.39, 0.29) is 12.0 Å². The molecule has 0 bridgehead atoms. The molecule has 3 nitrogen and oxygen atoms in total. The molecule has 0 heterocycles. The first-order valence-corrected chi connectivity index (χ1v) is 6.60. The van der Waals surface area contributed by atoms with Crippen LogP contribution in [0.5, 0.6) is 5.75 Å². The van der Waals surface area contributed by atoms with Gasteiger partial charge in [-0.05, 0) is 25.1 Å². The van der Waals surface area contributed by atoms with Crippen molar-refractivity contribution in [3.8, 4) is 11.8 Å². The monoisotopic (exact) mass is 266 g/mol. The fourth-order valence-corrected chi connectivity index (χ4v) is 2.18. The molecule has 0 saturated heterocycles. The normalized spacial score (nSPS) is 13.1. The maximum absolute atomic E-state index is 9.28. The quantitative estimate of drug-likeness (QED) is 0.889. The Morgan fingerprint density at radius 1 is 1.05 bits per heavy atom. The number of hydrogen-bond acceptors (Lipinski definition) is 3. The molecule has 0 aromatic heterocycles. The van der Waals surface area contributed by atoms with E-state index in [1.165, 1.54) is 0 Å². The van der Waals surface area contributed by atoms with Crippen LogP contribution in [0.2, 0.25) is 0 Å². The van der Waals surface area contributed by atoms with Crippen molar-refractivity contribution < 1.29 is 4.74 Å². The fourth-order valence-electron chi connectivity index (χ4n) is 2.18. The van der Waals surface area contributed by atoms with Gasteiger partial charge in [-0.2, -0.15) is 5.26 Å². The van der Waals surface area contributed by atoms with Crippen molar-refractivity contribution in [3.05, 3.63) is 60.2 Å². The first-order valence-electron chi connectivity index (χ1n) is 6.60. The minimum absolute atomic E-state index is 0.112. The second-order valence-electron chi connectivity index (χ2n) is 4.65. The summed E-state index contributed by atoms with van der Waals surface area (Å²) in [7, 11) is 1.65. The Morgan fingerprint density at radius 2 is 1.70 bits per heavy atom. The molecule has 2 rings (SSSR count). The molecule has 0 saturated carbocycles. The van der Waals surface area contributed by atoms with Crippen LogP contribution in [0.15, 0.2) is 54.6 Å². The predicted molar refractivity (Wildman–Crippen MR) is 80.6 cm³/mol. The third-order valence-electron chi connectivity index (χ3n) is 3.27. The Hall–Kier alpha value is -2.47. The van der Waals surface area contributed by atoms with Crippen molar-refractivity contribution in [3.63, 3.8) is 0 Å². The van der Waals surface area contributed by atoms with Crippen LogP contribution in [0.25, 0.3) is 0 Å². The molecule has 0 spiro atoms. The number of para-hydroxylation sites is 2. The van der Waals surface area contributed by atoms with Crippen molar-refractivity contribution in [1.82, 2.24) is 0 Å². The standard InChI is InChI=1S/C17H18N2O/c1-13(12-18)17(19-14-8-4-3-5-9-14)15-10-6-7-11-16(15)20-2/h3-11,13,17,19H,1-2H3. The Balaban J connectivity index is 2.35. The number of nitrogens with zero attached hydrogens (tertiary/aromatic N) is 1. The molecule has 2 atom stereocenters. The number of rotatable bonds is 5. The van der Waals surface area contributed by atoms with Gasteiger partial charge in [0, 0.05) is 11.3 Å². The SMILES string of the molecule is COc1ccccc1C(Nc1ccccc1)C(C)C#N. The van der Waals surface area contributed by atoms with Crippen molar-refractivity contribution in [2.75, 3.05) is 12.4 Å². The zero-order valence-electron chi connectivity index (χ0n) is 11.7. The highest BCUT2D eigenvalue weighted by Crippen LogP contribution is 2.32. The van der Waals surface area contributed by atoms with E-state index in [9.17, 15) is 5.26 Å². The Labute approximate surface area is 119 Å². The van der Waals surface area contributed by atoms with Crippen LogP contribution >= 0.6 is 0 Å². The number of benzene rings is 2. The largest absolute Gasteiger partial charge is 0.496 e. The summed E-state index contributed by atoms with van der Waals surface area (Å²) < 4.78 is 5.41. The zero-order valence-corrected chi connectivity index (χ0v) is 11.7. The molecular formula is C17H18N2O. The lowest BCUT2D eigenvalue weighted by Crippen LogP contribution is -2.18. The molecular weight excluding hydrogens is 248 g/mol. The molecule has 0 aliphatic heterocycles. The molecule has 102 valence electrons. The molecule has 0 aliphatic carbocycles. The van der Waals surface area contributed by atoms with Gasteiger partial charge in [-0.1, -0.05) is 36.4 Å². The van der Waals surface area contributed by atoms with E-state index in [1.54, 1.807) is 7.11 Å². The van der Waals surface area contributed by atoms with E-state index >= 15 is 0 Å². The van der Waals surface area contributed by atoms with E-state index in [4.69, 9.17) is 4.74 Å². The predicted octanol–water partition coefficient (Wildman–Crippen LogP) is 4.01. The highest BCUT2D eigenvalue weighted by molar-refractivity contribution is 5.48. The van der Waals surface area contributed by atoms with Gasteiger partial charge in [-0.25, -0.2) is 0 Å². The summed E-state index contributed by atoms with van der Waals surface area (Å²) in [5.74, 6) is 0.620. The zero-order chi connectivity index (χ0) is 14.4. The lowest BCUT2D eigenvalue weighted by atomic mass is 9.94. The average molecular weight is 266 g/mol. The summed E-state index contributed by atoms with van der Waals surface area (Å²) in [6.07, 6.45) is 0. The summed E-state index contributed by atoms with van der Waals surface area (Å²) in [6, 6.07) is 19.9. The van der Waals surface area contributed by atoms with Gasteiger partial charge in [0.05, 0.1) is 25.1 Å². The Kier molecular flexibility index (Phi) is 4.62. The average Bonchev–Trinajstić information content (AvgIpc) is 2.53. The van der Waals surface area contributed by atoms with Gasteiger partial charge in [-0.3, -0.25) is 0 Å². The first-order chi connectivity index (χ1) is 9.76. The molecule has 20 heavy (non-hydrogen) atoms. The van der Waals surface area contributed by atoms with Crippen molar-refractivity contribution in [1.29, 1.82) is 5.26 Å². The summed E-state index contributed by atoms with van der Waals surface area (Å²) in [5.41, 5.74) is 1.98. The summed E-state index contributed by atoms with van der Waals surface area (Å²) in [6.45, 7) is 1.91. The van der Waals surface area contributed by atoms with Crippen LogP contribution in [0.1, 0.15) is 18.5 Å². The Morgan fingerprint density at radius 3 is 2.35 bits per heavy atom. The number of hydrogen-bond donors (Lipinski definition) is 1. The van der Waals surface area contributed by atoms with Gasteiger partial charge in [0.25, 0.3) is 0 Å². The lowest BCUT2D eigenvalue weighted by molar-refractivity contribution is 0.403. The lowest BCUT2D eigenvalue weighted by Gasteiger charge is -2.24. The summed E-state index contributed by atoms with van der Waals surface area (Å²) in [5, 5.41) is 12.7. The van der Waals surface area contributed by atoms with Crippen LogP contribution in [0, 0.1) is 17.2 Å². The second-order valence-corrected chi connectivity index (χ2v) is 4.65. The van der Waals surface area contributed by atoms with E-state index < -0.39 is 0 Å². The molecule has 2 unspecified atom stereocenters. The van der Waals surface area contributed by atoms with Gasteiger partial charge in [0.1, 0.15) is 5.75 Å². The van der Waals surface area contributed by atoms with Gasteiger partial charge >= 0.3 is 0 Å². The van der Waals surface area contributed by atoms with Gasteiger partial charge in [0.15, 0.2) is 0 Å². The second kappa shape index (κ2) is 6.63. The number of ether oxygens (including phenoxy) is 1. The maximum Gasteiger partial charge on any atom is 0.124 e. The molecule has 1 N–H and O–H groups in total. The number of nitrogens with one attached hydrogen (secondary N) is 1. The third-order valence-corrected chi connectivity index (χ3v) is 3.27. The van der Waals surface area contributed by atoms with E-state index in [1.807, 2.05) is 61.5 Å². The molecule has 3 heteroatoms.